The molecule has 0 saturated carbocycles. The molecule has 2 heterocycles. The Kier molecular flexibility index (Phi) is 5.31. The zero-order chi connectivity index (χ0) is 16.1. The highest BCUT2D eigenvalue weighted by Gasteiger charge is 2.26. The van der Waals surface area contributed by atoms with Crippen LogP contribution in [0, 0.1) is 10.1 Å². The molecule has 0 bridgehead atoms. The number of ether oxygens (including phenoxy) is 1. The third-order valence-electron chi connectivity index (χ3n) is 3.78. The number of hydrogen-bond donors (Lipinski definition) is 1. The van der Waals surface area contributed by atoms with Gasteiger partial charge in [-0.3, -0.25) is 20.1 Å². The number of aromatic nitrogens is 2. The fourth-order valence-electron chi connectivity index (χ4n) is 2.56. The van der Waals surface area contributed by atoms with E-state index in [0.29, 0.717) is 0 Å². The highest BCUT2D eigenvalue weighted by Crippen LogP contribution is 2.28. The molecule has 0 radical (unpaired) electrons. The number of rotatable bonds is 5. The lowest BCUT2D eigenvalue weighted by Crippen LogP contribution is -2.34. The molecule has 0 aromatic carbocycles. The topological polar surface area (TPSA) is 103 Å². The molecule has 22 heavy (non-hydrogen) atoms. The number of carbonyl (C=O) groups is 1. The van der Waals surface area contributed by atoms with E-state index >= 15 is 0 Å². The van der Waals surface area contributed by atoms with Crippen molar-refractivity contribution in [3.8, 4) is 0 Å². The highest BCUT2D eigenvalue weighted by atomic mass is 16.6. The summed E-state index contributed by atoms with van der Waals surface area (Å²) in [6.07, 6.45) is 2.40. The second-order valence-corrected chi connectivity index (χ2v) is 5.11. The fourth-order valence-corrected chi connectivity index (χ4v) is 2.56. The molecule has 1 aliphatic rings. The Morgan fingerprint density at radius 2 is 2.18 bits per heavy atom. The van der Waals surface area contributed by atoms with Crippen molar-refractivity contribution in [2.24, 2.45) is 0 Å². The number of piperidine rings is 1. The van der Waals surface area contributed by atoms with Gasteiger partial charge >= 0.3 is 11.8 Å². The van der Waals surface area contributed by atoms with E-state index in [1.54, 1.807) is 11.6 Å². The molecular formula is C13H21N5O4. The van der Waals surface area contributed by atoms with Crippen LogP contribution in [0.2, 0.25) is 0 Å². The normalized spacial score (nSPS) is 16.5. The van der Waals surface area contributed by atoms with Gasteiger partial charge in [-0.1, -0.05) is 6.92 Å². The van der Waals surface area contributed by atoms with Crippen LogP contribution in [0.3, 0.4) is 0 Å². The van der Waals surface area contributed by atoms with Crippen LogP contribution in [-0.2, 0) is 4.74 Å². The summed E-state index contributed by atoms with van der Waals surface area (Å²) in [6.45, 7) is 6.84. The van der Waals surface area contributed by atoms with E-state index in [1.165, 1.54) is 6.20 Å². The summed E-state index contributed by atoms with van der Waals surface area (Å²) in [4.78, 5) is 24.3. The van der Waals surface area contributed by atoms with E-state index in [4.69, 9.17) is 4.74 Å². The first kappa shape index (κ1) is 16.2. The summed E-state index contributed by atoms with van der Waals surface area (Å²) in [7, 11) is 0. The summed E-state index contributed by atoms with van der Waals surface area (Å²) >= 11 is 0. The van der Waals surface area contributed by atoms with Crippen LogP contribution in [-0.4, -0.2) is 51.9 Å². The minimum Gasteiger partial charge on any atom is -0.450 e. The van der Waals surface area contributed by atoms with Crippen molar-refractivity contribution >= 4 is 17.6 Å². The molecule has 0 spiro atoms. The van der Waals surface area contributed by atoms with E-state index < -0.39 is 11.0 Å². The summed E-state index contributed by atoms with van der Waals surface area (Å²) < 4.78 is 6.33. The second-order valence-electron chi connectivity index (χ2n) is 5.11. The Bertz CT molecular complexity index is 537. The van der Waals surface area contributed by atoms with Gasteiger partial charge in [0.05, 0.1) is 17.6 Å². The maximum Gasteiger partial charge on any atom is 0.413 e. The molecule has 1 fully saturated rings. The number of hydrogen-bond acceptors (Lipinski definition) is 6. The molecule has 1 aromatic heterocycles. The Morgan fingerprint density at radius 1 is 1.50 bits per heavy atom. The predicted molar refractivity (Wildman–Crippen MR) is 79.9 cm³/mol. The maximum atomic E-state index is 11.4. The van der Waals surface area contributed by atoms with Crippen LogP contribution < -0.4 is 5.32 Å². The van der Waals surface area contributed by atoms with Crippen LogP contribution in [0.5, 0.6) is 0 Å². The average molecular weight is 311 g/mol. The quantitative estimate of drug-likeness (QED) is 0.659. The number of likely N-dealkylation sites (tertiary alicyclic amines) is 1. The van der Waals surface area contributed by atoms with Crippen molar-refractivity contribution < 1.29 is 14.5 Å². The lowest BCUT2D eigenvalue weighted by atomic mass is 10.1. The zero-order valence-electron chi connectivity index (χ0n) is 12.8. The van der Waals surface area contributed by atoms with E-state index in [2.05, 4.69) is 22.2 Å². The highest BCUT2D eigenvalue weighted by molar-refractivity contribution is 5.85. The van der Waals surface area contributed by atoms with E-state index in [-0.39, 0.29) is 24.2 Å². The zero-order valence-corrected chi connectivity index (χ0v) is 12.8. The molecule has 9 nitrogen and oxygen atoms in total. The van der Waals surface area contributed by atoms with E-state index in [9.17, 15) is 14.9 Å². The number of nitrogens with zero attached hydrogens (tertiary/aromatic N) is 4. The first-order valence-corrected chi connectivity index (χ1v) is 7.44. The van der Waals surface area contributed by atoms with Gasteiger partial charge in [0, 0.05) is 13.1 Å². The standard InChI is InChI=1S/C13H21N5O4/c1-3-16-7-5-10(6-8-16)17-9-11(18(20)21)12(15-17)14-13(19)22-4-2/h9-10H,3-8H2,1-2H3,(H,14,15,19). The van der Waals surface area contributed by atoms with E-state index in [1.807, 2.05) is 0 Å². The molecule has 1 amide bonds. The van der Waals surface area contributed by atoms with Crippen LogP contribution in [0.25, 0.3) is 0 Å². The van der Waals surface area contributed by atoms with Crippen molar-refractivity contribution in [3.63, 3.8) is 0 Å². The molecule has 1 aromatic rings. The third-order valence-corrected chi connectivity index (χ3v) is 3.78. The van der Waals surface area contributed by atoms with Crippen molar-refractivity contribution in [1.29, 1.82) is 0 Å². The van der Waals surface area contributed by atoms with Gasteiger partial charge in [-0.25, -0.2) is 4.79 Å². The van der Waals surface area contributed by atoms with Gasteiger partial charge < -0.3 is 9.64 Å². The summed E-state index contributed by atoms with van der Waals surface area (Å²) in [5.74, 6) is -0.0682. The predicted octanol–water partition coefficient (Wildman–Crippen LogP) is 2.02. The Morgan fingerprint density at radius 3 is 2.73 bits per heavy atom. The third kappa shape index (κ3) is 3.73. The SMILES string of the molecule is CCOC(=O)Nc1nn(C2CCN(CC)CC2)cc1[N+](=O)[O-]. The molecular weight excluding hydrogens is 290 g/mol. The van der Waals surface area contributed by atoms with Gasteiger partial charge in [-0.15, -0.1) is 5.10 Å². The summed E-state index contributed by atoms with van der Waals surface area (Å²) in [5, 5.41) is 17.6. The minimum absolute atomic E-state index is 0.0682. The molecule has 122 valence electrons. The number of amides is 1. The van der Waals surface area contributed by atoms with Crippen LogP contribution >= 0.6 is 0 Å². The molecule has 1 saturated heterocycles. The molecule has 9 heteroatoms. The lowest BCUT2D eigenvalue weighted by molar-refractivity contribution is -0.384. The molecule has 0 atom stereocenters. The smallest absolute Gasteiger partial charge is 0.413 e. The van der Waals surface area contributed by atoms with Crippen LogP contribution in [0.15, 0.2) is 6.20 Å². The van der Waals surface area contributed by atoms with Crippen LogP contribution in [0.4, 0.5) is 16.3 Å². The van der Waals surface area contributed by atoms with Crippen LogP contribution in [0.1, 0.15) is 32.7 Å². The summed E-state index contributed by atoms with van der Waals surface area (Å²) in [6, 6.07) is 0.110. The number of nitrogens with one attached hydrogen (secondary N) is 1. The van der Waals surface area contributed by atoms with Gasteiger partial charge in [-0.2, -0.15) is 0 Å². The number of nitro groups is 1. The Balaban J connectivity index is 2.13. The van der Waals surface area contributed by atoms with Gasteiger partial charge in [-0.05, 0) is 26.3 Å². The number of carbonyl (C=O) groups excluding carboxylic acids is 1. The molecule has 0 aliphatic carbocycles. The molecule has 1 N–H and O–H groups in total. The molecule has 2 rings (SSSR count). The fraction of sp³-hybridized carbons (Fsp3) is 0.692. The molecule has 1 aliphatic heterocycles. The van der Waals surface area contributed by atoms with Gasteiger partial charge in [0.25, 0.3) is 0 Å². The summed E-state index contributed by atoms with van der Waals surface area (Å²) in [5.41, 5.74) is -0.217. The minimum atomic E-state index is -0.739. The number of anilines is 1. The maximum absolute atomic E-state index is 11.4. The first-order valence-electron chi connectivity index (χ1n) is 7.44. The van der Waals surface area contributed by atoms with Crippen molar-refractivity contribution in [2.45, 2.75) is 32.7 Å². The van der Waals surface area contributed by atoms with E-state index in [0.717, 1.165) is 32.5 Å². The molecule has 0 unspecified atom stereocenters. The largest absolute Gasteiger partial charge is 0.450 e. The Hall–Kier alpha value is -2.16. The lowest BCUT2D eigenvalue weighted by Gasteiger charge is -2.30. The van der Waals surface area contributed by atoms with Gasteiger partial charge in [0.1, 0.15) is 6.20 Å². The second kappa shape index (κ2) is 7.21. The average Bonchev–Trinajstić information content (AvgIpc) is 2.91. The van der Waals surface area contributed by atoms with Crippen molar-refractivity contribution in [3.05, 3.63) is 16.3 Å². The van der Waals surface area contributed by atoms with Crippen molar-refractivity contribution in [2.75, 3.05) is 31.6 Å². The van der Waals surface area contributed by atoms with Gasteiger partial charge in [0.2, 0.25) is 5.82 Å². The Labute approximate surface area is 128 Å². The van der Waals surface area contributed by atoms with Gasteiger partial charge in [0.15, 0.2) is 0 Å². The van der Waals surface area contributed by atoms with Crippen molar-refractivity contribution in [1.82, 2.24) is 14.7 Å². The first-order chi connectivity index (χ1) is 10.5. The monoisotopic (exact) mass is 311 g/mol.